The van der Waals surface area contributed by atoms with Crippen LogP contribution in [-0.2, 0) is 6.42 Å². The summed E-state index contributed by atoms with van der Waals surface area (Å²) in [5.41, 5.74) is 5.89. The van der Waals surface area contributed by atoms with Gasteiger partial charge in [-0.2, -0.15) is 0 Å². The summed E-state index contributed by atoms with van der Waals surface area (Å²) in [5, 5.41) is 0. The van der Waals surface area contributed by atoms with Crippen molar-refractivity contribution >= 4 is 5.70 Å². The van der Waals surface area contributed by atoms with Gasteiger partial charge in [-0.3, -0.25) is 0 Å². The van der Waals surface area contributed by atoms with E-state index in [-0.39, 0.29) is 0 Å². The maximum atomic E-state index is 4.17. The average molecular weight is 211 g/mol. The lowest BCUT2D eigenvalue weighted by Crippen LogP contribution is -2.14. The Hall–Kier alpha value is -1.76. The summed E-state index contributed by atoms with van der Waals surface area (Å²) in [7, 11) is 2.05. The maximum Gasteiger partial charge on any atom is 0.0411 e. The molecule has 1 nitrogen and oxygen atoms in total. The number of allylic oxidation sites excluding steroid dienone is 2. The quantitative estimate of drug-likeness (QED) is 0.633. The highest BCUT2D eigenvalue weighted by atomic mass is 15.1. The van der Waals surface area contributed by atoms with E-state index in [1.165, 1.54) is 16.8 Å². The number of hydrogen-bond acceptors (Lipinski definition) is 1. The predicted molar refractivity (Wildman–Crippen MR) is 69.8 cm³/mol. The Balaban J connectivity index is 2.58. The molecule has 1 aromatic rings. The van der Waals surface area contributed by atoms with E-state index in [4.69, 9.17) is 0 Å². The predicted octanol–water partition coefficient (Wildman–Crippen LogP) is 3.61. The SMILES string of the molecule is C=C1Cc2ccccc2C(=C)N(C)/C1=C/C. The summed E-state index contributed by atoms with van der Waals surface area (Å²) in [4.78, 5) is 2.12. The molecular formula is C15H17N. The summed E-state index contributed by atoms with van der Waals surface area (Å²) in [5.74, 6) is 0. The maximum absolute atomic E-state index is 4.17. The smallest absolute Gasteiger partial charge is 0.0411 e. The Kier molecular flexibility index (Phi) is 2.69. The molecule has 82 valence electrons. The number of likely N-dealkylation sites (N-methyl/N-ethyl adjacent to an activating group) is 1. The van der Waals surface area contributed by atoms with Gasteiger partial charge < -0.3 is 4.90 Å². The Morgan fingerprint density at radius 1 is 1.25 bits per heavy atom. The van der Waals surface area contributed by atoms with Gasteiger partial charge in [0.05, 0.1) is 0 Å². The van der Waals surface area contributed by atoms with Crippen LogP contribution in [0.2, 0.25) is 0 Å². The van der Waals surface area contributed by atoms with Crippen LogP contribution in [-0.4, -0.2) is 11.9 Å². The molecule has 0 aromatic heterocycles. The molecule has 1 heterocycles. The van der Waals surface area contributed by atoms with E-state index in [0.717, 1.165) is 17.7 Å². The third-order valence-electron chi connectivity index (χ3n) is 3.13. The Bertz CT molecular complexity index is 480. The van der Waals surface area contributed by atoms with Crippen LogP contribution in [0.1, 0.15) is 18.1 Å². The first-order valence-electron chi connectivity index (χ1n) is 5.50. The molecule has 16 heavy (non-hydrogen) atoms. The molecule has 0 bridgehead atoms. The van der Waals surface area contributed by atoms with Gasteiger partial charge >= 0.3 is 0 Å². The topological polar surface area (TPSA) is 3.24 Å². The van der Waals surface area contributed by atoms with Gasteiger partial charge in [0.1, 0.15) is 0 Å². The van der Waals surface area contributed by atoms with Crippen molar-refractivity contribution in [2.45, 2.75) is 13.3 Å². The zero-order valence-electron chi connectivity index (χ0n) is 9.96. The van der Waals surface area contributed by atoms with Gasteiger partial charge in [0, 0.05) is 24.0 Å². The minimum atomic E-state index is 0.902. The number of fused-ring (bicyclic) bond motifs is 1. The molecule has 0 saturated carbocycles. The average Bonchev–Trinajstić information content (AvgIpc) is 2.37. The van der Waals surface area contributed by atoms with E-state index in [1.807, 2.05) is 14.0 Å². The van der Waals surface area contributed by atoms with Gasteiger partial charge in [0.25, 0.3) is 0 Å². The van der Waals surface area contributed by atoms with E-state index in [1.54, 1.807) is 0 Å². The number of hydrogen-bond donors (Lipinski definition) is 0. The Morgan fingerprint density at radius 3 is 2.62 bits per heavy atom. The molecule has 0 fully saturated rings. The lowest BCUT2D eigenvalue weighted by atomic mass is 10.0. The summed E-state index contributed by atoms with van der Waals surface area (Å²) < 4.78 is 0. The van der Waals surface area contributed by atoms with Crippen molar-refractivity contribution in [3.8, 4) is 0 Å². The van der Waals surface area contributed by atoms with Crippen LogP contribution >= 0.6 is 0 Å². The summed E-state index contributed by atoms with van der Waals surface area (Å²) in [6.45, 7) is 10.4. The highest BCUT2D eigenvalue weighted by Crippen LogP contribution is 2.32. The minimum absolute atomic E-state index is 0.902. The summed E-state index contributed by atoms with van der Waals surface area (Å²) >= 11 is 0. The molecule has 0 N–H and O–H groups in total. The van der Waals surface area contributed by atoms with Gasteiger partial charge in [-0.1, -0.05) is 43.5 Å². The lowest BCUT2D eigenvalue weighted by Gasteiger charge is -2.23. The molecule has 0 radical (unpaired) electrons. The van der Waals surface area contributed by atoms with Crippen molar-refractivity contribution in [1.29, 1.82) is 0 Å². The van der Waals surface area contributed by atoms with Crippen LogP contribution in [0.5, 0.6) is 0 Å². The second kappa shape index (κ2) is 4.01. The van der Waals surface area contributed by atoms with Crippen molar-refractivity contribution in [1.82, 2.24) is 4.90 Å². The van der Waals surface area contributed by atoms with Crippen molar-refractivity contribution < 1.29 is 0 Å². The van der Waals surface area contributed by atoms with Crippen LogP contribution in [0, 0.1) is 0 Å². The molecule has 1 heteroatoms. The molecule has 1 aliphatic rings. The molecule has 1 aliphatic heterocycles. The Labute approximate surface area is 97.4 Å². The zero-order valence-corrected chi connectivity index (χ0v) is 9.96. The molecule has 1 aromatic carbocycles. The van der Waals surface area contributed by atoms with Gasteiger partial charge in [0.15, 0.2) is 0 Å². The standard InChI is InChI=1S/C15H17N/c1-5-15-11(2)10-13-8-6-7-9-14(13)12(3)16(15)4/h5-9H,2-3,10H2,1,4H3/b15-5+. The van der Waals surface area contributed by atoms with E-state index < -0.39 is 0 Å². The van der Waals surface area contributed by atoms with Crippen molar-refractivity contribution in [2.24, 2.45) is 0 Å². The molecule has 2 rings (SSSR count). The molecule has 0 aliphatic carbocycles. The van der Waals surface area contributed by atoms with E-state index in [2.05, 4.69) is 48.4 Å². The third kappa shape index (κ3) is 1.58. The number of benzene rings is 1. The van der Waals surface area contributed by atoms with Gasteiger partial charge in [-0.05, 0) is 24.5 Å². The third-order valence-corrected chi connectivity index (χ3v) is 3.13. The van der Waals surface area contributed by atoms with Crippen molar-refractivity contribution in [2.75, 3.05) is 7.05 Å². The van der Waals surface area contributed by atoms with Gasteiger partial charge in [-0.25, -0.2) is 0 Å². The molecule has 0 amide bonds. The molecule has 0 saturated heterocycles. The van der Waals surface area contributed by atoms with E-state index in [0.29, 0.717) is 0 Å². The normalized spacial score (nSPS) is 18.6. The zero-order chi connectivity index (χ0) is 11.7. The monoisotopic (exact) mass is 211 g/mol. The van der Waals surface area contributed by atoms with Crippen molar-refractivity contribution in [3.63, 3.8) is 0 Å². The lowest BCUT2D eigenvalue weighted by molar-refractivity contribution is 0.609. The fourth-order valence-corrected chi connectivity index (χ4v) is 2.24. The highest BCUT2D eigenvalue weighted by Gasteiger charge is 2.19. The van der Waals surface area contributed by atoms with Gasteiger partial charge in [0.2, 0.25) is 0 Å². The van der Waals surface area contributed by atoms with Crippen LogP contribution in [0.25, 0.3) is 5.70 Å². The highest BCUT2D eigenvalue weighted by molar-refractivity contribution is 5.69. The van der Waals surface area contributed by atoms with Crippen LogP contribution in [0.15, 0.2) is 54.8 Å². The van der Waals surface area contributed by atoms with E-state index in [9.17, 15) is 0 Å². The van der Waals surface area contributed by atoms with E-state index >= 15 is 0 Å². The second-order valence-electron chi connectivity index (χ2n) is 4.12. The summed E-state index contributed by atoms with van der Waals surface area (Å²) in [6, 6.07) is 8.40. The van der Waals surface area contributed by atoms with Crippen LogP contribution in [0.4, 0.5) is 0 Å². The minimum Gasteiger partial charge on any atom is -0.345 e. The van der Waals surface area contributed by atoms with Crippen LogP contribution in [0.3, 0.4) is 0 Å². The first-order valence-corrected chi connectivity index (χ1v) is 5.50. The fourth-order valence-electron chi connectivity index (χ4n) is 2.24. The first kappa shape index (κ1) is 10.7. The summed E-state index contributed by atoms with van der Waals surface area (Å²) in [6.07, 6.45) is 3.00. The molecular weight excluding hydrogens is 194 g/mol. The van der Waals surface area contributed by atoms with Crippen LogP contribution < -0.4 is 0 Å². The Morgan fingerprint density at radius 2 is 1.94 bits per heavy atom. The first-order chi connectivity index (χ1) is 7.65. The second-order valence-corrected chi connectivity index (χ2v) is 4.12. The van der Waals surface area contributed by atoms with Crippen molar-refractivity contribution in [3.05, 3.63) is 65.9 Å². The number of nitrogens with zero attached hydrogens (tertiary/aromatic N) is 1. The fraction of sp³-hybridized carbons (Fsp3) is 0.200. The number of rotatable bonds is 0. The molecule has 0 spiro atoms. The largest absolute Gasteiger partial charge is 0.345 e. The molecule has 0 atom stereocenters. The van der Waals surface area contributed by atoms with Gasteiger partial charge in [-0.15, -0.1) is 0 Å². The molecule has 0 unspecified atom stereocenters.